The Bertz CT molecular complexity index is 945. The zero-order valence-corrected chi connectivity index (χ0v) is 18.3. The first-order valence-corrected chi connectivity index (χ1v) is 10.9. The molecule has 1 aromatic carbocycles. The van der Waals surface area contributed by atoms with Gasteiger partial charge in [0.2, 0.25) is 11.8 Å². The number of hydrogen-bond donors (Lipinski definition) is 2. The normalized spacial score (nSPS) is 14.6. The highest BCUT2D eigenvalue weighted by Gasteiger charge is 2.28. The second-order valence-electron chi connectivity index (χ2n) is 7.84. The maximum Gasteiger partial charge on any atom is 0.422 e. The third-order valence-electron chi connectivity index (χ3n) is 5.17. The minimum absolute atomic E-state index is 0.110. The van der Waals surface area contributed by atoms with Crippen LogP contribution in [0.4, 0.5) is 24.5 Å². The number of benzene rings is 1. The molecule has 2 N–H and O–H groups in total. The molecule has 1 fully saturated rings. The Kier molecular flexibility index (Phi) is 8.13. The average Bonchev–Trinajstić information content (AvgIpc) is 3.32. The van der Waals surface area contributed by atoms with Crippen LogP contribution in [0.15, 0.2) is 42.6 Å². The largest absolute Gasteiger partial charge is 0.468 e. The number of pyridine rings is 1. The molecule has 1 saturated heterocycles. The highest BCUT2D eigenvalue weighted by molar-refractivity contribution is 6.01. The quantitative estimate of drug-likeness (QED) is 0.582. The van der Waals surface area contributed by atoms with Crippen LogP contribution in [0, 0.1) is 0 Å². The van der Waals surface area contributed by atoms with Crippen LogP contribution >= 0.6 is 0 Å². The summed E-state index contributed by atoms with van der Waals surface area (Å²) < 4.78 is 41.3. The van der Waals surface area contributed by atoms with E-state index in [0.717, 1.165) is 37.8 Å². The fourth-order valence-electron chi connectivity index (χ4n) is 3.54. The summed E-state index contributed by atoms with van der Waals surface area (Å²) in [7, 11) is 0. The topological polar surface area (TPSA) is 83.6 Å². The molecule has 0 saturated carbocycles. The van der Waals surface area contributed by atoms with Crippen molar-refractivity contribution < 1.29 is 27.5 Å². The molecule has 33 heavy (non-hydrogen) atoms. The third kappa shape index (κ3) is 7.37. The molecule has 10 heteroatoms. The lowest BCUT2D eigenvalue weighted by Gasteiger charge is -2.20. The van der Waals surface area contributed by atoms with Gasteiger partial charge in [0.15, 0.2) is 6.61 Å². The fraction of sp³-hybridized carbons (Fsp3) is 0.435. The molecule has 1 aliphatic heterocycles. The first-order chi connectivity index (χ1) is 15.7. The number of hydrogen-bond acceptors (Lipinski definition) is 5. The predicted octanol–water partition coefficient (Wildman–Crippen LogP) is 4.16. The Balaban J connectivity index is 1.60. The molecule has 1 aliphatic rings. The molecule has 0 bridgehead atoms. The van der Waals surface area contributed by atoms with E-state index in [1.54, 1.807) is 6.07 Å². The van der Waals surface area contributed by atoms with Crippen molar-refractivity contribution >= 4 is 23.2 Å². The molecule has 0 radical (unpaired) electrons. The molecule has 2 aromatic rings. The summed E-state index contributed by atoms with van der Waals surface area (Å²) in [5, 5.41) is 5.54. The zero-order chi connectivity index (χ0) is 23.8. The summed E-state index contributed by atoms with van der Waals surface area (Å²) in [4.78, 5) is 31.4. The van der Waals surface area contributed by atoms with Gasteiger partial charge in [0, 0.05) is 36.7 Å². The van der Waals surface area contributed by atoms with E-state index in [4.69, 9.17) is 0 Å². The Morgan fingerprint density at radius 3 is 2.58 bits per heavy atom. The van der Waals surface area contributed by atoms with Crippen molar-refractivity contribution in [2.45, 2.75) is 44.8 Å². The van der Waals surface area contributed by atoms with Crippen LogP contribution in [0.2, 0.25) is 0 Å². The minimum atomic E-state index is -4.48. The number of anilines is 2. The molecule has 1 atom stereocenters. The summed E-state index contributed by atoms with van der Waals surface area (Å²) >= 11 is 0. The van der Waals surface area contributed by atoms with E-state index in [1.807, 2.05) is 25.1 Å². The third-order valence-corrected chi connectivity index (χ3v) is 5.17. The maximum atomic E-state index is 12.9. The van der Waals surface area contributed by atoms with Gasteiger partial charge in [-0.3, -0.25) is 9.59 Å². The van der Waals surface area contributed by atoms with Gasteiger partial charge >= 0.3 is 6.18 Å². The summed E-state index contributed by atoms with van der Waals surface area (Å²) in [6, 6.07) is 9.29. The van der Waals surface area contributed by atoms with Crippen molar-refractivity contribution in [3.63, 3.8) is 0 Å². The van der Waals surface area contributed by atoms with E-state index in [-0.39, 0.29) is 17.4 Å². The van der Waals surface area contributed by atoms with E-state index in [1.165, 1.54) is 12.1 Å². The van der Waals surface area contributed by atoms with Crippen LogP contribution in [-0.2, 0) is 4.79 Å². The van der Waals surface area contributed by atoms with E-state index in [0.29, 0.717) is 18.5 Å². The second-order valence-corrected chi connectivity index (χ2v) is 7.84. The SMILES string of the molecule is CCC[C@H](NC(=O)c1ccc(OCC(F)(F)F)nc1)C(=O)Nc1cccc(N2CCCC2)c1. The van der Waals surface area contributed by atoms with Gasteiger partial charge < -0.3 is 20.3 Å². The molecule has 7 nitrogen and oxygen atoms in total. The van der Waals surface area contributed by atoms with Crippen LogP contribution in [0.5, 0.6) is 5.88 Å². The summed E-state index contributed by atoms with van der Waals surface area (Å²) in [5.41, 5.74) is 1.80. The fourth-order valence-corrected chi connectivity index (χ4v) is 3.54. The van der Waals surface area contributed by atoms with Crippen LogP contribution in [-0.4, -0.2) is 48.7 Å². The van der Waals surface area contributed by atoms with Gasteiger partial charge in [-0.1, -0.05) is 19.4 Å². The number of ether oxygens (including phenoxy) is 1. The van der Waals surface area contributed by atoms with Gasteiger partial charge in [-0.15, -0.1) is 0 Å². The number of carbonyl (C=O) groups is 2. The summed E-state index contributed by atoms with van der Waals surface area (Å²) in [6.07, 6.45) is 0.00312. The van der Waals surface area contributed by atoms with E-state index in [2.05, 4.69) is 25.3 Å². The minimum Gasteiger partial charge on any atom is -0.468 e. The molecule has 178 valence electrons. The molecular formula is C23H27F3N4O3. The van der Waals surface area contributed by atoms with Crippen molar-refractivity contribution in [2.75, 3.05) is 29.9 Å². The van der Waals surface area contributed by atoms with Crippen molar-refractivity contribution in [2.24, 2.45) is 0 Å². The predicted molar refractivity (Wildman–Crippen MR) is 118 cm³/mol. The molecule has 1 aromatic heterocycles. The molecule has 0 aliphatic carbocycles. The van der Waals surface area contributed by atoms with Gasteiger partial charge in [0.05, 0.1) is 5.56 Å². The number of carbonyl (C=O) groups excluding carboxylic acids is 2. The lowest BCUT2D eigenvalue weighted by molar-refractivity contribution is -0.154. The first kappa shape index (κ1) is 24.3. The van der Waals surface area contributed by atoms with Crippen molar-refractivity contribution in [3.8, 4) is 5.88 Å². The van der Waals surface area contributed by atoms with Crippen molar-refractivity contribution in [3.05, 3.63) is 48.2 Å². The monoisotopic (exact) mass is 464 g/mol. The van der Waals surface area contributed by atoms with Crippen LogP contribution in [0.25, 0.3) is 0 Å². The molecule has 2 amide bonds. The molecule has 0 spiro atoms. The lowest BCUT2D eigenvalue weighted by atomic mass is 10.1. The Morgan fingerprint density at radius 1 is 1.18 bits per heavy atom. The number of alkyl halides is 3. The van der Waals surface area contributed by atoms with Gasteiger partial charge in [-0.25, -0.2) is 4.98 Å². The molecule has 0 unspecified atom stereocenters. The second kappa shape index (κ2) is 11.0. The Morgan fingerprint density at radius 2 is 1.94 bits per heavy atom. The number of nitrogens with zero attached hydrogens (tertiary/aromatic N) is 2. The highest BCUT2D eigenvalue weighted by atomic mass is 19.4. The Labute approximate surface area is 190 Å². The number of amides is 2. The van der Waals surface area contributed by atoms with Gasteiger partial charge in [-0.05, 0) is 43.5 Å². The van der Waals surface area contributed by atoms with Crippen molar-refractivity contribution in [1.29, 1.82) is 0 Å². The van der Waals surface area contributed by atoms with Gasteiger partial charge in [0.1, 0.15) is 6.04 Å². The van der Waals surface area contributed by atoms with Crippen molar-refractivity contribution in [1.82, 2.24) is 10.3 Å². The number of nitrogens with one attached hydrogen (secondary N) is 2. The van der Waals surface area contributed by atoms with E-state index in [9.17, 15) is 22.8 Å². The van der Waals surface area contributed by atoms with Crippen LogP contribution in [0.3, 0.4) is 0 Å². The van der Waals surface area contributed by atoms with Crippen LogP contribution < -0.4 is 20.3 Å². The standard InChI is InChI=1S/C23H27F3N4O3/c1-2-6-19(22(32)28-17-7-5-8-18(13-17)30-11-3-4-12-30)29-21(31)16-9-10-20(27-14-16)33-15-23(24,25)26/h5,7-10,13-14,19H,2-4,6,11-12,15H2,1H3,(H,28,32)(H,29,31)/t19-/m0/s1. The molecule has 3 rings (SSSR count). The Hall–Kier alpha value is -3.30. The average molecular weight is 464 g/mol. The first-order valence-electron chi connectivity index (χ1n) is 10.9. The van der Waals surface area contributed by atoms with E-state index < -0.39 is 24.7 Å². The van der Waals surface area contributed by atoms with Gasteiger partial charge in [0.25, 0.3) is 5.91 Å². The number of halogens is 3. The smallest absolute Gasteiger partial charge is 0.422 e. The highest BCUT2D eigenvalue weighted by Crippen LogP contribution is 2.23. The molecular weight excluding hydrogens is 437 g/mol. The van der Waals surface area contributed by atoms with Gasteiger partial charge in [-0.2, -0.15) is 13.2 Å². The summed E-state index contributed by atoms with van der Waals surface area (Å²) in [5.74, 6) is -1.14. The zero-order valence-electron chi connectivity index (χ0n) is 18.3. The van der Waals surface area contributed by atoms with E-state index >= 15 is 0 Å². The number of rotatable bonds is 9. The lowest BCUT2D eigenvalue weighted by Crippen LogP contribution is -2.43. The summed E-state index contributed by atoms with van der Waals surface area (Å²) in [6.45, 7) is 2.40. The number of aromatic nitrogens is 1. The maximum absolute atomic E-state index is 12.9. The van der Waals surface area contributed by atoms with Crippen LogP contribution in [0.1, 0.15) is 43.0 Å². The molecule has 2 heterocycles.